The molecule has 0 aliphatic rings. The molecule has 25 heavy (non-hydrogen) atoms. The lowest BCUT2D eigenvalue weighted by molar-refractivity contribution is -0.132. The van der Waals surface area contributed by atoms with Crippen molar-refractivity contribution in [3.8, 4) is 0 Å². The summed E-state index contributed by atoms with van der Waals surface area (Å²) < 4.78 is 26.8. The summed E-state index contributed by atoms with van der Waals surface area (Å²) in [7, 11) is 1.67. The van der Waals surface area contributed by atoms with Gasteiger partial charge in [-0.15, -0.1) is 0 Å². The van der Waals surface area contributed by atoms with Gasteiger partial charge in [0.05, 0.1) is 6.54 Å². The van der Waals surface area contributed by atoms with E-state index in [1.165, 1.54) is 23.1 Å². The first kappa shape index (κ1) is 19.1. The van der Waals surface area contributed by atoms with Gasteiger partial charge in [0.1, 0.15) is 11.6 Å². The summed E-state index contributed by atoms with van der Waals surface area (Å²) in [4.78, 5) is 16.1. The summed E-state index contributed by atoms with van der Waals surface area (Å²) in [5.74, 6) is -0.673. The van der Waals surface area contributed by atoms with E-state index in [4.69, 9.17) is 0 Å². The largest absolute Gasteiger partial charge is 0.340 e. The lowest BCUT2D eigenvalue weighted by Crippen LogP contribution is -2.39. The van der Waals surface area contributed by atoms with Crippen LogP contribution in [-0.4, -0.2) is 35.8 Å². The number of halogens is 2. The first-order valence-electron chi connectivity index (χ1n) is 8.39. The Morgan fingerprint density at radius 3 is 2.32 bits per heavy atom. The number of rotatable bonds is 7. The van der Waals surface area contributed by atoms with E-state index in [0.29, 0.717) is 12.1 Å². The van der Waals surface area contributed by atoms with E-state index in [0.717, 1.165) is 5.56 Å². The number of nitrogens with zero attached hydrogens (tertiary/aromatic N) is 2. The molecule has 0 fully saturated rings. The highest BCUT2D eigenvalue weighted by molar-refractivity contribution is 5.78. The number of amides is 1. The number of hydrogen-bond donors (Lipinski definition) is 0. The minimum atomic E-state index is -0.311. The zero-order valence-corrected chi connectivity index (χ0v) is 14.9. The Balaban J connectivity index is 2.01. The van der Waals surface area contributed by atoms with Crippen LogP contribution in [0.4, 0.5) is 8.78 Å². The standard InChI is InChI=1S/C20H24F2N2O/c1-4-24(15(2)16-9-11-18(21)12-10-16)14-20(25)23(3)13-17-7-5-6-8-19(17)22/h5-12,15H,4,13-14H2,1-3H3. The van der Waals surface area contributed by atoms with Crippen molar-refractivity contribution in [1.29, 1.82) is 0 Å². The van der Waals surface area contributed by atoms with Crippen LogP contribution in [0.1, 0.15) is 31.0 Å². The van der Waals surface area contributed by atoms with Crippen molar-refractivity contribution in [2.24, 2.45) is 0 Å². The van der Waals surface area contributed by atoms with E-state index in [9.17, 15) is 13.6 Å². The minimum Gasteiger partial charge on any atom is -0.340 e. The SMILES string of the molecule is CCN(CC(=O)N(C)Cc1ccccc1F)C(C)c1ccc(F)cc1. The van der Waals surface area contributed by atoms with Gasteiger partial charge in [0.2, 0.25) is 5.91 Å². The number of carbonyl (C=O) groups excluding carboxylic acids is 1. The van der Waals surface area contributed by atoms with Crippen LogP contribution < -0.4 is 0 Å². The number of carbonyl (C=O) groups is 1. The summed E-state index contributed by atoms with van der Waals surface area (Å²) in [5, 5.41) is 0. The Bertz CT molecular complexity index is 703. The Hall–Kier alpha value is -2.27. The van der Waals surface area contributed by atoms with Gasteiger partial charge >= 0.3 is 0 Å². The number of benzene rings is 2. The van der Waals surface area contributed by atoms with Crippen molar-refractivity contribution in [1.82, 2.24) is 9.80 Å². The highest BCUT2D eigenvalue weighted by atomic mass is 19.1. The highest BCUT2D eigenvalue weighted by Crippen LogP contribution is 2.20. The van der Waals surface area contributed by atoms with Crippen LogP contribution in [0.2, 0.25) is 0 Å². The number of likely N-dealkylation sites (N-methyl/N-ethyl adjacent to an activating group) is 2. The molecule has 134 valence electrons. The summed E-state index contributed by atoms with van der Waals surface area (Å²) in [6.07, 6.45) is 0. The second kappa shape index (κ2) is 8.72. The quantitative estimate of drug-likeness (QED) is 0.756. The molecule has 2 rings (SSSR count). The van der Waals surface area contributed by atoms with Crippen molar-refractivity contribution < 1.29 is 13.6 Å². The third kappa shape index (κ3) is 5.10. The third-order valence-corrected chi connectivity index (χ3v) is 4.44. The monoisotopic (exact) mass is 346 g/mol. The second-order valence-electron chi connectivity index (χ2n) is 6.13. The average molecular weight is 346 g/mol. The van der Waals surface area contributed by atoms with E-state index in [-0.39, 0.29) is 36.7 Å². The topological polar surface area (TPSA) is 23.6 Å². The minimum absolute atomic E-state index is 0.0172. The molecule has 2 aromatic carbocycles. The summed E-state index contributed by atoms with van der Waals surface area (Å²) in [5.41, 5.74) is 1.45. The maximum atomic E-state index is 13.7. The Morgan fingerprint density at radius 2 is 1.72 bits per heavy atom. The second-order valence-corrected chi connectivity index (χ2v) is 6.13. The maximum Gasteiger partial charge on any atom is 0.236 e. The molecule has 2 aromatic rings. The Morgan fingerprint density at radius 1 is 1.08 bits per heavy atom. The van der Waals surface area contributed by atoms with E-state index in [1.54, 1.807) is 37.4 Å². The van der Waals surface area contributed by atoms with Crippen LogP contribution in [0, 0.1) is 11.6 Å². The van der Waals surface area contributed by atoms with E-state index < -0.39 is 0 Å². The summed E-state index contributed by atoms with van der Waals surface area (Å²) in [6.45, 7) is 5.09. The van der Waals surface area contributed by atoms with E-state index in [2.05, 4.69) is 0 Å². The molecule has 0 N–H and O–H groups in total. The Labute approximate surface area is 147 Å². The number of hydrogen-bond acceptors (Lipinski definition) is 2. The molecule has 0 aliphatic carbocycles. The van der Waals surface area contributed by atoms with Crippen LogP contribution in [0.15, 0.2) is 48.5 Å². The van der Waals surface area contributed by atoms with Crippen molar-refractivity contribution >= 4 is 5.91 Å². The van der Waals surface area contributed by atoms with Gasteiger partial charge in [-0.05, 0) is 37.2 Å². The van der Waals surface area contributed by atoms with Gasteiger partial charge in [-0.2, -0.15) is 0 Å². The van der Waals surface area contributed by atoms with Gasteiger partial charge in [0.25, 0.3) is 0 Å². The zero-order chi connectivity index (χ0) is 18.4. The molecule has 0 heterocycles. The van der Waals surface area contributed by atoms with Crippen molar-refractivity contribution in [3.05, 3.63) is 71.3 Å². The third-order valence-electron chi connectivity index (χ3n) is 4.44. The van der Waals surface area contributed by atoms with E-state index in [1.807, 2.05) is 18.7 Å². The van der Waals surface area contributed by atoms with E-state index >= 15 is 0 Å². The average Bonchev–Trinajstić information content (AvgIpc) is 2.61. The van der Waals surface area contributed by atoms with Gasteiger partial charge in [0.15, 0.2) is 0 Å². The predicted octanol–water partition coefficient (Wildman–Crippen LogP) is 4.01. The molecule has 0 bridgehead atoms. The molecule has 0 spiro atoms. The van der Waals surface area contributed by atoms with Gasteiger partial charge < -0.3 is 4.90 Å². The highest BCUT2D eigenvalue weighted by Gasteiger charge is 2.20. The molecule has 1 unspecified atom stereocenters. The van der Waals surface area contributed by atoms with Crippen LogP contribution >= 0.6 is 0 Å². The van der Waals surface area contributed by atoms with Gasteiger partial charge in [-0.1, -0.05) is 37.3 Å². The van der Waals surface area contributed by atoms with Crippen LogP contribution in [0.3, 0.4) is 0 Å². The van der Waals surface area contributed by atoms with Crippen LogP contribution in [0.5, 0.6) is 0 Å². The molecular weight excluding hydrogens is 322 g/mol. The fourth-order valence-corrected chi connectivity index (χ4v) is 2.74. The van der Waals surface area contributed by atoms with Gasteiger partial charge in [-0.25, -0.2) is 8.78 Å². The normalized spacial score (nSPS) is 12.2. The van der Waals surface area contributed by atoms with Crippen LogP contribution in [0.25, 0.3) is 0 Å². The first-order chi connectivity index (χ1) is 11.9. The maximum absolute atomic E-state index is 13.7. The molecular formula is C20H24F2N2O. The smallest absolute Gasteiger partial charge is 0.236 e. The molecule has 0 radical (unpaired) electrons. The summed E-state index contributed by atoms with van der Waals surface area (Å²) >= 11 is 0. The molecule has 3 nitrogen and oxygen atoms in total. The Kier molecular flexibility index (Phi) is 6.65. The van der Waals surface area contributed by atoms with Gasteiger partial charge in [0, 0.05) is 25.2 Å². The first-order valence-corrected chi connectivity index (χ1v) is 8.39. The fourth-order valence-electron chi connectivity index (χ4n) is 2.74. The van der Waals surface area contributed by atoms with Crippen molar-refractivity contribution in [2.45, 2.75) is 26.4 Å². The van der Waals surface area contributed by atoms with Crippen LogP contribution in [-0.2, 0) is 11.3 Å². The molecule has 5 heteroatoms. The van der Waals surface area contributed by atoms with Crippen molar-refractivity contribution in [2.75, 3.05) is 20.1 Å². The lowest BCUT2D eigenvalue weighted by atomic mass is 10.1. The molecule has 0 aromatic heterocycles. The van der Waals surface area contributed by atoms with Crippen molar-refractivity contribution in [3.63, 3.8) is 0 Å². The molecule has 0 aliphatic heterocycles. The van der Waals surface area contributed by atoms with Gasteiger partial charge in [-0.3, -0.25) is 9.69 Å². The zero-order valence-electron chi connectivity index (χ0n) is 14.9. The molecule has 0 saturated heterocycles. The fraction of sp³-hybridized carbons (Fsp3) is 0.350. The molecule has 0 saturated carbocycles. The summed E-state index contributed by atoms with van der Waals surface area (Å²) in [6, 6.07) is 12.7. The lowest BCUT2D eigenvalue weighted by Gasteiger charge is -2.29. The predicted molar refractivity (Wildman–Crippen MR) is 94.9 cm³/mol. The molecule has 1 amide bonds. The molecule has 1 atom stereocenters.